The van der Waals surface area contributed by atoms with Gasteiger partial charge < -0.3 is 10.4 Å². The predicted molar refractivity (Wildman–Crippen MR) is 132 cm³/mol. The molecule has 0 heterocycles. The molecule has 0 fully saturated rings. The molecule has 34 heavy (non-hydrogen) atoms. The second-order valence-corrected chi connectivity index (χ2v) is 10.0. The number of aliphatic carboxylic acids is 1. The van der Waals surface area contributed by atoms with E-state index >= 15 is 0 Å². The number of sulfonamides is 1. The summed E-state index contributed by atoms with van der Waals surface area (Å²) in [5, 5.41) is 13.2. The Hall–Kier alpha value is -2.91. The summed E-state index contributed by atoms with van der Waals surface area (Å²) in [6.45, 7) is 0.173. The molecule has 3 rings (SSSR count). The molecule has 1 amide bonds. The third-order valence-electron chi connectivity index (χ3n) is 4.98. The van der Waals surface area contributed by atoms with Gasteiger partial charge in [0.2, 0.25) is 10.0 Å². The van der Waals surface area contributed by atoms with Crippen molar-refractivity contribution in [2.75, 3.05) is 6.54 Å². The SMILES string of the molecule is O=C(NCCCC(NS(=O)(=O)c1ccc(-c2ccc(Cl)cc2)cc1)C(=O)O)c1cccc(Cl)c1. The largest absolute Gasteiger partial charge is 0.480 e. The third kappa shape index (κ3) is 7.04. The van der Waals surface area contributed by atoms with E-state index in [1.807, 2.05) is 12.1 Å². The van der Waals surface area contributed by atoms with Crippen LogP contribution in [0.5, 0.6) is 0 Å². The van der Waals surface area contributed by atoms with Crippen LogP contribution in [0.25, 0.3) is 11.1 Å². The highest BCUT2D eigenvalue weighted by molar-refractivity contribution is 7.89. The number of hydrogen-bond donors (Lipinski definition) is 3. The fraction of sp³-hybridized carbons (Fsp3) is 0.167. The number of carbonyl (C=O) groups is 2. The molecule has 0 radical (unpaired) electrons. The molecule has 0 aromatic heterocycles. The highest BCUT2D eigenvalue weighted by Crippen LogP contribution is 2.23. The van der Waals surface area contributed by atoms with Gasteiger partial charge in [0.15, 0.2) is 0 Å². The summed E-state index contributed by atoms with van der Waals surface area (Å²) >= 11 is 11.8. The van der Waals surface area contributed by atoms with E-state index in [4.69, 9.17) is 23.2 Å². The number of carbonyl (C=O) groups excluding carboxylic acids is 1. The first-order valence-electron chi connectivity index (χ1n) is 10.3. The topological polar surface area (TPSA) is 113 Å². The van der Waals surface area contributed by atoms with Crippen LogP contribution in [0.4, 0.5) is 0 Å². The van der Waals surface area contributed by atoms with E-state index in [1.165, 1.54) is 18.2 Å². The number of carboxylic acid groups (broad SMARTS) is 1. The molecule has 0 aliphatic carbocycles. The Bertz CT molecular complexity index is 1260. The molecule has 0 aliphatic rings. The minimum atomic E-state index is -4.07. The molecule has 0 spiro atoms. The molecule has 3 N–H and O–H groups in total. The van der Waals surface area contributed by atoms with Gasteiger partial charge in [-0.3, -0.25) is 9.59 Å². The zero-order valence-electron chi connectivity index (χ0n) is 17.9. The van der Waals surface area contributed by atoms with Crippen LogP contribution in [0, 0.1) is 0 Å². The smallest absolute Gasteiger partial charge is 0.321 e. The van der Waals surface area contributed by atoms with Crippen LogP contribution in [-0.2, 0) is 14.8 Å². The van der Waals surface area contributed by atoms with E-state index < -0.39 is 22.0 Å². The normalized spacial score (nSPS) is 12.2. The Kier molecular flexibility index (Phi) is 8.68. The van der Waals surface area contributed by atoms with Crippen LogP contribution in [0.3, 0.4) is 0 Å². The van der Waals surface area contributed by atoms with E-state index in [0.29, 0.717) is 15.6 Å². The fourth-order valence-electron chi connectivity index (χ4n) is 3.20. The maximum absolute atomic E-state index is 12.7. The number of rotatable bonds is 10. The molecule has 7 nitrogen and oxygen atoms in total. The zero-order valence-corrected chi connectivity index (χ0v) is 20.2. The van der Waals surface area contributed by atoms with Gasteiger partial charge in [0, 0.05) is 22.2 Å². The van der Waals surface area contributed by atoms with Crippen LogP contribution in [0.15, 0.2) is 77.7 Å². The van der Waals surface area contributed by atoms with Crippen molar-refractivity contribution < 1.29 is 23.1 Å². The van der Waals surface area contributed by atoms with Gasteiger partial charge in [0.1, 0.15) is 6.04 Å². The number of nitrogens with one attached hydrogen (secondary N) is 2. The number of amides is 1. The van der Waals surface area contributed by atoms with E-state index in [9.17, 15) is 23.1 Å². The summed E-state index contributed by atoms with van der Waals surface area (Å²) in [7, 11) is -4.07. The highest BCUT2D eigenvalue weighted by atomic mass is 35.5. The van der Waals surface area contributed by atoms with Crippen molar-refractivity contribution in [3.05, 3.63) is 88.4 Å². The van der Waals surface area contributed by atoms with Crippen LogP contribution in [-0.4, -0.2) is 38.0 Å². The summed E-state index contributed by atoms with van der Waals surface area (Å²) in [6.07, 6.45) is 0.245. The molecule has 10 heteroatoms. The average Bonchev–Trinajstić information content (AvgIpc) is 2.81. The van der Waals surface area contributed by atoms with Gasteiger partial charge in [-0.05, 0) is 66.4 Å². The van der Waals surface area contributed by atoms with Crippen molar-refractivity contribution in [3.8, 4) is 11.1 Å². The molecule has 178 valence electrons. The first kappa shape index (κ1) is 25.7. The lowest BCUT2D eigenvalue weighted by atomic mass is 10.1. The lowest BCUT2D eigenvalue weighted by molar-refractivity contribution is -0.139. The third-order valence-corrected chi connectivity index (χ3v) is 6.95. The van der Waals surface area contributed by atoms with Crippen molar-refractivity contribution in [3.63, 3.8) is 0 Å². The summed E-state index contributed by atoms with van der Waals surface area (Å²) in [6, 6.07) is 18.3. The molecule has 0 saturated heterocycles. The Morgan fingerprint density at radius 2 is 1.50 bits per heavy atom. The molecular weight excluding hydrogens is 499 g/mol. The van der Waals surface area contributed by atoms with Gasteiger partial charge in [-0.15, -0.1) is 0 Å². The van der Waals surface area contributed by atoms with Gasteiger partial charge in [0.05, 0.1) is 4.90 Å². The van der Waals surface area contributed by atoms with E-state index in [0.717, 1.165) is 11.1 Å². The van der Waals surface area contributed by atoms with Crippen molar-refractivity contribution in [2.24, 2.45) is 0 Å². The minimum absolute atomic E-state index is 0.00670. The number of carboxylic acids is 1. The van der Waals surface area contributed by atoms with Gasteiger partial charge in [-0.2, -0.15) is 4.72 Å². The minimum Gasteiger partial charge on any atom is -0.480 e. The number of halogens is 2. The molecule has 1 unspecified atom stereocenters. The van der Waals surface area contributed by atoms with Crippen LogP contribution in [0.1, 0.15) is 23.2 Å². The standard InChI is InChI=1S/C24H22Cl2N2O5S/c25-19-10-6-16(7-11-19)17-8-12-21(13-9-17)34(32,33)28-22(24(30)31)5-2-14-27-23(29)18-3-1-4-20(26)15-18/h1,3-4,6-13,15,22,28H,2,5,14H2,(H,27,29)(H,30,31). The van der Waals surface area contributed by atoms with Gasteiger partial charge in [-0.25, -0.2) is 8.42 Å². The van der Waals surface area contributed by atoms with Crippen molar-refractivity contribution in [1.82, 2.24) is 10.0 Å². The Balaban J connectivity index is 1.58. The lowest BCUT2D eigenvalue weighted by Gasteiger charge is -2.15. The maximum atomic E-state index is 12.7. The van der Waals surface area contributed by atoms with Crippen molar-refractivity contribution in [1.29, 1.82) is 0 Å². The predicted octanol–water partition coefficient (Wildman–Crippen LogP) is 4.60. The van der Waals surface area contributed by atoms with Gasteiger partial charge in [-0.1, -0.05) is 53.5 Å². The lowest BCUT2D eigenvalue weighted by Crippen LogP contribution is -2.41. The zero-order chi connectivity index (χ0) is 24.7. The monoisotopic (exact) mass is 520 g/mol. The summed E-state index contributed by atoms with van der Waals surface area (Å²) in [5.74, 6) is -1.65. The second-order valence-electron chi connectivity index (χ2n) is 7.45. The molecule has 0 bridgehead atoms. The average molecular weight is 521 g/mol. The Morgan fingerprint density at radius 3 is 2.09 bits per heavy atom. The summed E-state index contributed by atoms with van der Waals surface area (Å²) < 4.78 is 27.7. The van der Waals surface area contributed by atoms with Gasteiger partial charge >= 0.3 is 5.97 Å². The highest BCUT2D eigenvalue weighted by Gasteiger charge is 2.25. The first-order valence-corrected chi connectivity index (χ1v) is 12.5. The molecule has 1 atom stereocenters. The number of hydrogen-bond acceptors (Lipinski definition) is 4. The Morgan fingerprint density at radius 1 is 0.882 bits per heavy atom. The maximum Gasteiger partial charge on any atom is 0.321 e. The fourth-order valence-corrected chi connectivity index (χ4v) is 4.74. The van der Waals surface area contributed by atoms with Gasteiger partial charge in [0.25, 0.3) is 5.91 Å². The first-order chi connectivity index (χ1) is 16.2. The molecular formula is C24H22Cl2N2O5S. The molecule has 0 aliphatic heterocycles. The van der Waals surface area contributed by atoms with Crippen LogP contribution < -0.4 is 10.0 Å². The van der Waals surface area contributed by atoms with Crippen molar-refractivity contribution >= 4 is 45.1 Å². The molecule has 3 aromatic carbocycles. The molecule has 0 saturated carbocycles. The summed E-state index contributed by atoms with van der Waals surface area (Å²) in [4.78, 5) is 23.7. The number of benzene rings is 3. The van der Waals surface area contributed by atoms with Crippen molar-refractivity contribution in [2.45, 2.75) is 23.8 Å². The Labute approximate surface area is 207 Å². The second kappa shape index (κ2) is 11.5. The van der Waals surface area contributed by atoms with E-state index in [2.05, 4.69) is 10.0 Å². The van der Waals surface area contributed by atoms with Crippen LogP contribution >= 0.6 is 23.2 Å². The van der Waals surface area contributed by atoms with Crippen LogP contribution in [0.2, 0.25) is 10.0 Å². The molecule has 3 aromatic rings. The summed E-state index contributed by atoms with van der Waals surface area (Å²) in [5.41, 5.74) is 2.04. The van der Waals surface area contributed by atoms with E-state index in [1.54, 1.807) is 42.5 Å². The van der Waals surface area contributed by atoms with E-state index in [-0.39, 0.29) is 30.2 Å². The quantitative estimate of drug-likeness (QED) is 0.338.